The van der Waals surface area contributed by atoms with Crippen LogP contribution in [0, 0.1) is 0 Å². The first kappa shape index (κ1) is 16.2. The minimum atomic E-state index is -1.81. The molecule has 0 amide bonds. The van der Waals surface area contributed by atoms with Crippen LogP contribution in [0.3, 0.4) is 0 Å². The quantitative estimate of drug-likeness (QED) is 0.700. The van der Waals surface area contributed by atoms with Crippen molar-refractivity contribution in [3.05, 3.63) is 36.3 Å². The Labute approximate surface area is 129 Å². The van der Waals surface area contributed by atoms with Crippen LogP contribution >= 0.6 is 0 Å². The highest BCUT2D eigenvalue weighted by Crippen LogP contribution is 2.42. The van der Waals surface area contributed by atoms with Gasteiger partial charge in [0.05, 0.1) is 6.61 Å². The molecule has 0 aromatic carbocycles. The fourth-order valence-corrected chi connectivity index (χ4v) is 9.23. The highest BCUT2D eigenvalue weighted by atomic mass is 28.4. The maximum Gasteiger partial charge on any atom is 0.200 e. The smallest absolute Gasteiger partial charge is 0.200 e. The molecule has 2 aromatic rings. The van der Waals surface area contributed by atoms with E-state index in [9.17, 15) is 0 Å². The van der Waals surface area contributed by atoms with E-state index in [1.54, 1.807) is 0 Å². The molecule has 0 bridgehead atoms. The standard InChI is InChI=1S/C17H28N2OSi/c1-13(2)21(14(3)4,15(5)6)20-12-16-8-7-10-19-11-9-18-17(16)19/h7-11,13-15H,12H2,1-6H3. The summed E-state index contributed by atoms with van der Waals surface area (Å²) in [7, 11) is -1.81. The predicted octanol–water partition coefficient (Wildman–Crippen LogP) is 5.03. The number of rotatable bonds is 6. The monoisotopic (exact) mass is 304 g/mol. The van der Waals surface area contributed by atoms with Crippen molar-refractivity contribution in [2.24, 2.45) is 0 Å². The Bertz CT molecular complexity index is 567. The first-order valence-corrected chi connectivity index (χ1v) is 10.1. The first-order chi connectivity index (χ1) is 9.89. The van der Waals surface area contributed by atoms with Crippen molar-refractivity contribution in [1.82, 2.24) is 9.38 Å². The van der Waals surface area contributed by atoms with Crippen molar-refractivity contribution < 1.29 is 4.43 Å². The van der Waals surface area contributed by atoms with Gasteiger partial charge in [0.15, 0.2) is 0 Å². The molecular formula is C17H28N2OSi. The number of nitrogens with zero attached hydrogens (tertiary/aromatic N) is 2. The Kier molecular flexibility index (Phi) is 4.89. The maximum absolute atomic E-state index is 6.66. The predicted molar refractivity (Wildman–Crippen MR) is 91.0 cm³/mol. The van der Waals surface area contributed by atoms with E-state index in [1.807, 2.05) is 18.6 Å². The van der Waals surface area contributed by atoms with Gasteiger partial charge in [-0.15, -0.1) is 0 Å². The minimum absolute atomic E-state index is 0.608. The van der Waals surface area contributed by atoms with Gasteiger partial charge in [0.2, 0.25) is 8.32 Å². The van der Waals surface area contributed by atoms with E-state index in [2.05, 4.69) is 63.1 Å². The van der Waals surface area contributed by atoms with Crippen molar-refractivity contribution in [1.29, 1.82) is 0 Å². The van der Waals surface area contributed by atoms with Gasteiger partial charge in [0.25, 0.3) is 0 Å². The van der Waals surface area contributed by atoms with Crippen molar-refractivity contribution in [3.63, 3.8) is 0 Å². The molecule has 0 saturated carbocycles. The summed E-state index contributed by atoms with van der Waals surface area (Å²) >= 11 is 0. The van der Waals surface area contributed by atoms with Gasteiger partial charge in [-0.3, -0.25) is 0 Å². The highest BCUT2D eigenvalue weighted by molar-refractivity contribution is 6.77. The molecule has 3 nitrogen and oxygen atoms in total. The van der Waals surface area contributed by atoms with Crippen LogP contribution in [0.25, 0.3) is 5.65 Å². The third kappa shape index (κ3) is 2.92. The van der Waals surface area contributed by atoms with Gasteiger partial charge in [-0.25, -0.2) is 4.98 Å². The van der Waals surface area contributed by atoms with E-state index in [0.29, 0.717) is 23.2 Å². The molecule has 0 saturated heterocycles. The number of fused-ring (bicyclic) bond motifs is 1. The van der Waals surface area contributed by atoms with Gasteiger partial charge in [-0.05, 0) is 22.7 Å². The molecule has 0 radical (unpaired) electrons. The second-order valence-corrected chi connectivity index (χ2v) is 12.3. The van der Waals surface area contributed by atoms with Crippen LogP contribution in [0.15, 0.2) is 30.7 Å². The van der Waals surface area contributed by atoms with E-state index in [4.69, 9.17) is 4.43 Å². The molecule has 0 aliphatic heterocycles. The Morgan fingerprint density at radius 2 is 1.67 bits per heavy atom. The summed E-state index contributed by atoms with van der Waals surface area (Å²) in [5.74, 6) is 0. The number of imidazole rings is 1. The van der Waals surface area contributed by atoms with Crippen LogP contribution in [0.5, 0.6) is 0 Å². The van der Waals surface area contributed by atoms with Crippen molar-refractivity contribution in [2.45, 2.75) is 64.8 Å². The van der Waals surface area contributed by atoms with Gasteiger partial charge in [-0.2, -0.15) is 0 Å². The van der Waals surface area contributed by atoms with Crippen LogP contribution in [-0.2, 0) is 11.0 Å². The molecule has 0 aliphatic rings. The SMILES string of the molecule is CC(C)[Si](OCc1cccn2ccnc12)(C(C)C)C(C)C. The zero-order valence-electron chi connectivity index (χ0n) is 14.1. The van der Waals surface area contributed by atoms with Crippen molar-refractivity contribution in [3.8, 4) is 0 Å². The summed E-state index contributed by atoms with van der Waals surface area (Å²) < 4.78 is 8.72. The lowest BCUT2D eigenvalue weighted by molar-refractivity contribution is 0.266. The van der Waals surface area contributed by atoms with Gasteiger partial charge >= 0.3 is 0 Å². The average molecular weight is 305 g/mol. The number of hydrogen-bond acceptors (Lipinski definition) is 2. The molecule has 0 atom stereocenters. The zero-order chi connectivity index (χ0) is 15.6. The minimum Gasteiger partial charge on any atom is -0.412 e. The third-order valence-electron chi connectivity index (χ3n) is 4.68. The van der Waals surface area contributed by atoms with Crippen LogP contribution in [-0.4, -0.2) is 17.7 Å². The van der Waals surface area contributed by atoms with Crippen LogP contribution in [0.2, 0.25) is 16.6 Å². The van der Waals surface area contributed by atoms with Crippen LogP contribution in [0.4, 0.5) is 0 Å². The van der Waals surface area contributed by atoms with Crippen molar-refractivity contribution in [2.75, 3.05) is 0 Å². The molecule has 116 valence electrons. The summed E-state index contributed by atoms with van der Waals surface area (Å²) in [5.41, 5.74) is 4.02. The third-order valence-corrected chi connectivity index (χ3v) is 10.7. The summed E-state index contributed by atoms with van der Waals surface area (Å²) in [6.45, 7) is 14.6. The fourth-order valence-electron chi connectivity index (χ4n) is 3.82. The zero-order valence-corrected chi connectivity index (χ0v) is 15.1. The van der Waals surface area contributed by atoms with Crippen molar-refractivity contribution >= 4 is 14.0 Å². The first-order valence-electron chi connectivity index (χ1n) is 7.94. The van der Waals surface area contributed by atoms with Crippen LogP contribution in [0.1, 0.15) is 47.1 Å². The maximum atomic E-state index is 6.66. The Balaban J connectivity index is 2.28. The molecule has 0 N–H and O–H groups in total. The number of hydrogen-bond donors (Lipinski definition) is 0. The van der Waals surface area contributed by atoms with E-state index in [-0.39, 0.29) is 0 Å². The van der Waals surface area contributed by atoms with Gasteiger partial charge in [0, 0.05) is 24.2 Å². The van der Waals surface area contributed by atoms with Gasteiger partial charge in [-0.1, -0.05) is 47.6 Å². The summed E-state index contributed by atoms with van der Waals surface area (Å²) in [5, 5.41) is 0. The second kappa shape index (κ2) is 6.32. The van der Waals surface area contributed by atoms with E-state index in [1.165, 1.54) is 5.56 Å². The normalized spacial score (nSPS) is 13.0. The topological polar surface area (TPSA) is 26.5 Å². The molecule has 2 heterocycles. The molecule has 4 heteroatoms. The Morgan fingerprint density at radius 1 is 1.05 bits per heavy atom. The molecule has 2 aromatic heterocycles. The molecule has 2 rings (SSSR count). The summed E-state index contributed by atoms with van der Waals surface area (Å²) in [6.07, 6.45) is 5.86. The number of aromatic nitrogens is 2. The molecule has 0 spiro atoms. The van der Waals surface area contributed by atoms with E-state index >= 15 is 0 Å². The van der Waals surface area contributed by atoms with E-state index in [0.717, 1.165) is 5.65 Å². The molecule has 0 fully saturated rings. The largest absolute Gasteiger partial charge is 0.412 e. The Morgan fingerprint density at radius 3 is 2.24 bits per heavy atom. The highest BCUT2D eigenvalue weighted by Gasteiger charge is 2.45. The molecule has 0 aliphatic carbocycles. The molecular weight excluding hydrogens is 276 g/mol. The number of pyridine rings is 1. The van der Waals surface area contributed by atoms with Crippen LogP contribution < -0.4 is 0 Å². The molecule has 0 unspecified atom stereocenters. The summed E-state index contributed by atoms with van der Waals surface area (Å²) in [4.78, 5) is 4.45. The fraction of sp³-hybridized carbons (Fsp3) is 0.588. The second-order valence-electron chi connectivity index (χ2n) is 6.80. The lowest BCUT2D eigenvalue weighted by Gasteiger charge is -2.42. The molecule has 21 heavy (non-hydrogen) atoms. The van der Waals surface area contributed by atoms with Gasteiger partial charge < -0.3 is 8.83 Å². The van der Waals surface area contributed by atoms with E-state index < -0.39 is 8.32 Å². The Hall–Kier alpha value is -1.13. The average Bonchev–Trinajstić information content (AvgIpc) is 2.87. The lowest BCUT2D eigenvalue weighted by atomic mass is 10.3. The lowest BCUT2D eigenvalue weighted by Crippen LogP contribution is -2.47. The van der Waals surface area contributed by atoms with Gasteiger partial charge in [0.1, 0.15) is 5.65 Å². The summed E-state index contributed by atoms with van der Waals surface area (Å²) in [6, 6.07) is 4.19.